The van der Waals surface area contributed by atoms with Gasteiger partial charge in [0.05, 0.1) is 5.56 Å². The summed E-state index contributed by atoms with van der Waals surface area (Å²) in [4.78, 5) is 7.33. The third-order valence-electron chi connectivity index (χ3n) is 4.84. The van der Waals surface area contributed by atoms with Gasteiger partial charge in [-0.3, -0.25) is 0 Å². The predicted molar refractivity (Wildman–Crippen MR) is 85.7 cm³/mol. The van der Waals surface area contributed by atoms with Gasteiger partial charge in [0, 0.05) is 18.8 Å². The van der Waals surface area contributed by atoms with Crippen LogP contribution in [0.15, 0.2) is 0 Å². The van der Waals surface area contributed by atoms with Crippen LogP contribution in [0.2, 0.25) is 0 Å². The predicted octanol–water partition coefficient (Wildman–Crippen LogP) is 3.95. The first-order chi connectivity index (χ1) is 10.2. The van der Waals surface area contributed by atoms with Gasteiger partial charge in [-0.15, -0.1) is 0 Å². The molecule has 3 nitrogen and oxygen atoms in total. The number of anilines is 1. The second-order valence-electron chi connectivity index (χ2n) is 6.67. The van der Waals surface area contributed by atoms with Gasteiger partial charge in [0.2, 0.25) is 0 Å². The zero-order chi connectivity index (χ0) is 14.8. The van der Waals surface area contributed by atoms with E-state index in [1.807, 2.05) is 0 Å². The molecule has 1 aliphatic heterocycles. The van der Waals surface area contributed by atoms with Crippen molar-refractivity contribution in [2.45, 2.75) is 64.7 Å². The van der Waals surface area contributed by atoms with Crippen LogP contribution in [-0.4, -0.2) is 18.1 Å². The molecule has 1 aromatic rings. The van der Waals surface area contributed by atoms with E-state index in [-0.39, 0.29) is 0 Å². The number of nitriles is 1. The SMILES string of the molecule is CC(C)c1nc(N2CCCCC2)c(C#N)c2c1CCCC2. The van der Waals surface area contributed by atoms with E-state index in [2.05, 4.69) is 24.8 Å². The lowest BCUT2D eigenvalue weighted by atomic mass is 9.85. The zero-order valence-electron chi connectivity index (χ0n) is 13.3. The van der Waals surface area contributed by atoms with Crippen LogP contribution in [-0.2, 0) is 12.8 Å². The first-order valence-electron chi connectivity index (χ1n) is 8.43. The highest BCUT2D eigenvalue weighted by molar-refractivity contribution is 5.62. The lowest BCUT2D eigenvalue weighted by molar-refractivity contribution is 0.569. The maximum atomic E-state index is 9.72. The number of pyridine rings is 1. The molecule has 1 aromatic heterocycles. The largest absolute Gasteiger partial charge is 0.356 e. The van der Waals surface area contributed by atoms with Crippen LogP contribution in [0, 0.1) is 11.3 Å². The molecule has 0 spiro atoms. The first kappa shape index (κ1) is 14.4. The Labute approximate surface area is 128 Å². The Hall–Kier alpha value is -1.56. The van der Waals surface area contributed by atoms with Gasteiger partial charge in [0.15, 0.2) is 0 Å². The van der Waals surface area contributed by atoms with Gasteiger partial charge >= 0.3 is 0 Å². The van der Waals surface area contributed by atoms with Crippen LogP contribution in [0.1, 0.15) is 74.3 Å². The Morgan fingerprint density at radius 2 is 1.67 bits per heavy atom. The summed E-state index contributed by atoms with van der Waals surface area (Å²) in [5.41, 5.74) is 4.80. The molecule has 1 fully saturated rings. The van der Waals surface area contributed by atoms with Crippen LogP contribution in [0.25, 0.3) is 0 Å². The zero-order valence-corrected chi connectivity index (χ0v) is 13.3. The minimum Gasteiger partial charge on any atom is -0.356 e. The summed E-state index contributed by atoms with van der Waals surface area (Å²) in [7, 11) is 0. The molecule has 21 heavy (non-hydrogen) atoms. The van der Waals surface area contributed by atoms with Crippen molar-refractivity contribution < 1.29 is 0 Å². The minimum absolute atomic E-state index is 0.438. The number of rotatable bonds is 2. The summed E-state index contributed by atoms with van der Waals surface area (Å²) < 4.78 is 0. The summed E-state index contributed by atoms with van der Waals surface area (Å²) in [6, 6.07) is 2.48. The van der Waals surface area contributed by atoms with Crippen LogP contribution >= 0.6 is 0 Å². The molecular weight excluding hydrogens is 258 g/mol. The standard InChI is InChI=1S/C18H25N3/c1-13(2)17-15-9-5-4-8-14(15)16(12-19)18(20-17)21-10-6-3-7-11-21/h13H,3-11H2,1-2H3. The summed E-state index contributed by atoms with van der Waals surface area (Å²) in [5, 5.41) is 9.72. The van der Waals surface area contributed by atoms with Crippen LogP contribution in [0.3, 0.4) is 0 Å². The van der Waals surface area contributed by atoms with E-state index in [0.717, 1.165) is 37.3 Å². The van der Waals surface area contributed by atoms with E-state index in [0.29, 0.717) is 5.92 Å². The molecular formula is C18H25N3. The molecule has 0 radical (unpaired) electrons. The lowest BCUT2D eigenvalue weighted by Gasteiger charge is -2.32. The van der Waals surface area contributed by atoms with Crippen molar-refractivity contribution in [2.75, 3.05) is 18.0 Å². The monoisotopic (exact) mass is 283 g/mol. The fourth-order valence-corrected chi connectivity index (χ4v) is 3.77. The summed E-state index contributed by atoms with van der Waals surface area (Å²) in [6.45, 7) is 6.56. The quantitative estimate of drug-likeness (QED) is 0.825. The van der Waals surface area contributed by atoms with E-state index in [1.165, 1.54) is 48.9 Å². The molecule has 0 bridgehead atoms. The highest BCUT2D eigenvalue weighted by Crippen LogP contribution is 2.35. The number of fused-ring (bicyclic) bond motifs is 1. The summed E-state index contributed by atoms with van der Waals surface area (Å²) in [5.74, 6) is 1.41. The Bertz CT molecular complexity index is 563. The van der Waals surface area contributed by atoms with Crippen molar-refractivity contribution >= 4 is 5.82 Å². The average molecular weight is 283 g/mol. The fourth-order valence-electron chi connectivity index (χ4n) is 3.77. The van der Waals surface area contributed by atoms with Crippen LogP contribution in [0.4, 0.5) is 5.82 Å². The van der Waals surface area contributed by atoms with Gasteiger partial charge in [-0.05, 0) is 62.0 Å². The van der Waals surface area contributed by atoms with Gasteiger partial charge in [-0.1, -0.05) is 13.8 Å². The molecule has 0 unspecified atom stereocenters. The average Bonchev–Trinajstić information content (AvgIpc) is 2.53. The maximum absolute atomic E-state index is 9.72. The maximum Gasteiger partial charge on any atom is 0.147 e. The molecule has 2 aliphatic rings. The topological polar surface area (TPSA) is 39.9 Å². The second kappa shape index (κ2) is 6.05. The minimum atomic E-state index is 0.438. The van der Waals surface area contributed by atoms with Crippen molar-refractivity contribution in [3.05, 3.63) is 22.4 Å². The van der Waals surface area contributed by atoms with Crippen molar-refractivity contribution in [3.63, 3.8) is 0 Å². The first-order valence-corrected chi connectivity index (χ1v) is 8.43. The van der Waals surface area contributed by atoms with Crippen molar-refractivity contribution in [2.24, 2.45) is 0 Å². The number of hydrogen-bond donors (Lipinski definition) is 0. The van der Waals surface area contributed by atoms with E-state index in [9.17, 15) is 5.26 Å². The molecule has 112 valence electrons. The fraction of sp³-hybridized carbons (Fsp3) is 0.667. The van der Waals surface area contributed by atoms with Crippen LogP contribution < -0.4 is 4.90 Å². The van der Waals surface area contributed by atoms with Crippen molar-refractivity contribution in [3.8, 4) is 6.07 Å². The lowest BCUT2D eigenvalue weighted by Crippen LogP contribution is -2.32. The van der Waals surface area contributed by atoms with Crippen LogP contribution in [0.5, 0.6) is 0 Å². The number of hydrogen-bond acceptors (Lipinski definition) is 3. The third kappa shape index (κ3) is 2.64. The van der Waals surface area contributed by atoms with E-state index < -0.39 is 0 Å². The number of nitrogens with zero attached hydrogens (tertiary/aromatic N) is 3. The highest BCUT2D eigenvalue weighted by atomic mass is 15.2. The van der Waals surface area contributed by atoms with Gasteiger partial charge in [-0.25, -0.2) is 4.98 Å². The Kier molecular flexibility index (Phi) is 4.14. The molecule has 0 saturated carbocycles. The van der Waals surface area contributed by atoms with Gasteiger partial charge in [-0.2, -0.15) is 5.26 Å². The molecule has 2 heterocycles. The normalized spacial score (nSPS) is 18.5. The summed E-state index contributed by atoms with van der Waals surface area (Å²) >= 11 is 0. The van der Waals surface area contributed by atoms with Gasteiger partial charge in [0.1, 0.15) is 11.9 Å². The van der Waals surface area contributed by atoms with Gasteiger partial charge in [0.25, 0.3) is 0 Å². The Morgan fingerprint density at radius 3 is 2.29 bits per heavy atom. The Balaban J connectivity index is 2.14. The molecule has 1 saturated heterocycles. The van der Waals surface area contributed by atoms with Crippen molar-refractivity contribution in [1.82, 2.24) is 4.98 Å². The molecule has 0 amide bonds. The second-order valence-corrected chi connectivity index (χ2v) is 6.67. The van der Waals surface area contributed by atoms with Crippen molar-refractivity contribution in [1.29, 1.82) is 5.26 Å². The number of piperidine rings is 1. The van der Waals surface area contributed by atoms with E-state index in [1.54, 1.807) is 0 Å². The molecule has 0 aromatic carbocycles. The highest BCUT2D eigenvalue weighted by Gasteiger charge is 2.26. The van der Waals surface area contributed by atoms with Gasteiger partial charge < -0.3 is 4.90 Å². The molecule has 0 N–H and O–H groups in total. The third-order valence-corrected chi connectivity index (χ3v) is 4.84. The molecule has 0 atom stereocenters. The van der Waals surface area contributed by atoms with E-state index in [4.69, 9.17) is 4.98 Å². The van der Waals surface area contributed by atoms with E-state index >= 15 is 0 Å². The number of aromatic nitrogens is 1. The Morgan fingerprint density at radius 1 is 1.00 bits per heavy atom. The molecule has 1 aliphatic carbocycles. The molecule has 3 rings (SSSR count). The molecule has 3 heteroatoms. The summed E-state index contributed by atoms with van der Waals surface area (Å²) in [6.07, 6.45) is 8.36. The smallest absolute Gasteiger partial charge is 0.147 e.